The predicted octanol–water partition coefficient (Wildman–Crippen LogP) is 5.24. The Kier molecular flexibility index (Phi) is 4.01. The molecule has 0 N–H and O–H groups in total. The summed E-state index contributed by atoms with van der Waals surface area (Å²) in [5.41, 5.74) is 1.41. The van der Waals surface area contributed by atoms with Crippen LogP contribution in [0.25, 0.3) is 0 Å². The molecule has 1 heterocycles. The van der Waals surface area contributed by atoms with Gasteiger partial charge in [-0.2, -0.15) is 0 Å². The number of nitrogens with zero attached hydrogens (tertiary/aromatic N) is 1. The van der Waals surface area contributed by atoms with Crippen LogP contribution in [0.1, 0.15) is 88.0 Å². The van der Waals surface area contributed by atoms with Crippen LogP contribution >= 0.6 is 0 Å². The standard InChI is InChI=1S/C17H35N/c1-10-13-15(7,11-2)17(9)16(8,12-3)18(17)14(4,5)6/h10-13H2,1-9H3. The minimum absolute atomic E-state index is 0.268. The Morgan fingerprint density at radius 3 is 1.67 bits per heavy atom. The van der Waals surface area contributed by atoms with Gasteiger partial charge < -0.3 is 0 Å². The van der Waals surface area contributed by atoms with E-state index in [1.807, 2.05) is 0 Å². The molecule has 0 saturated carbocycles. The highest BCUT2D eigenvalue weighted by molar-refractivity contribution is 5.31. The fourth-order valence-electron chi connectivity index (χ4n) is 4.82. The minimum Gasteiger partial charge on any atom is -0.283 e. The molecule has 4 atom stereocenters. The third-order valence-electron chi connectivity index (χ3n) is 6.06. The highest BCUT2D eigenvalue weighted by Gasteiger charge is 2.76. The second-order valence-electron chi connectivity index (χ2n) is 7.87. The van der Waals surface area contributed by atoms with E-state index in [0.717, 1.165) is 0 Å². The third kappa shape index (κ3) is 1.85. The van der Waals surface area contributed by atoms with Crippen LogP contribution < -0.4 is 0 Å². The van der Waals surface area contributed by atoms with Crippen LogP contribution in [0.5, 0.6) is 0 Å². The van der Waals surface area contributed by atoms with Crippen LogP contribution in [0.2, 0.25) is 0 Å². The second kappa shape index (κ2) is 4.51. The molecule has 0 aromatic heterocycles. The maximum Gasteiger partial charge on any atom is 0.0427 e. The van der Waals surface area contributed by atoms with E-state index in [-0.39, 0.29) is 5.54 Å². The molecule has 18 heavy (non-hydrogen) atoms. The van der Waals surface area contributed by atoms with Crippen molar-refractivity contribution in [3.8, 4) is 0 Å². The van der Waals surface area contributed by atoms with E-state index >= 15 is 0 Å². The summed E-state index contributed by atoms with van der Waals surface area (Å²) in [6, 6.07) is 0. The zero-order valence-electron chi connectivity index (χ0n) is 14.3. The van der Waals surface area contributed by atoms with E-state index < -0.39 is 0 Å². The van der Waals surface area contributed by atoms with Gasteiger partial charge >= 0.3 is 0 Å². The van der Waals surface area contributed by atoms with Crippen LogP contribution in [0.3, 0.4) is 0 Å². The van der Waals surface area contributed by atoms with Crippen molar-refractivity contribution in [1.82, 2.24) is 4.90 Å². The van der Waals surface area contributed by atoms with Gasteiger partial charge in [-0.05, 0) is 59.3 Å². The van der Waals surface area contributed by atoms with E-state index in [4.69, 9.17) is 0 Å². The molecule has 1 nitrogen and oxygen atoms in total. The summed E-state index contributed by atoms with van der Waals surface area (Å²) >= 11 is 0. The Balaban J connectivity index is 3.20. The van der Waals surface area contributed by atoms with Gasteiger partial charge in [0.1, 0.15) is 0 Å². The van der Waals surface area contributed by atoms with E-state index in [1.54, 1.807) is 0 Å². The maximum absolute atomic E-state index is 2.78. The van der Waals surface area contributed by atoms with Gasteiger partial charge in [0.05, 0.1) is 0 Å². The first-order valence-electron chi connectivity index (χ1n) is 7.85. The fraction of sp³-hybridized carbons (Fsp3) is 1.00. The molecule has 1 saturated heterocycles. The van der Waals surface area contributed by atoms with Crippen molar-refractivity contribution in [2.75, 3.05) is 0 Å². The summed E-state index contributed by atoms with van der Waals surface area (Å²) in [5.74, 6) is 0. The molecule has 4 unspecified atom stereocenters. The van der Waals surface area contributed by atoms with Crippen molar-refractivity contribution in [2.45, 2.75) is 105 Å². The molecule has 1 heteroatoms. The summed E-state index contributed by atoms with van der Waals surface area (Å²) in [6.45, 7) is 21.7. The number of hydrogen-bond donors (Lipinski definition) is 0. The van der Waals surface area contributed by atoms with Crippen LogP contribution in [0.4, 0.5) is 0 Å². The summed E-state index contributed by atoms with van der Waals surface area (Å²) in [7, 11) is 0. The average Bonchev–Trinajstić information content (AvgIpc) is 2.79. The lowest BCUT2D eigenvalue weighted by Gasteiger charge is -2.39. The Morgan fingerprint density at radius 1 is 0.944 bits per heavy atom. The van der Waals surface area contributed by atoms with Gasteiger partial charge in [-0.3, -0.25) is 4.90 Å². The van der Waals surface area contributed by atoms with E-state index in [1.165, 1.54) is 25.7 Å². The lowest BCUT2D eigenvalue weighted by atomic mass is 9.67. The van der Waals surface area contributed by atoms with Crippen molar-refractivity contribution in [2.24, 2.45) is 5.41 Å². The fourth-order valence-corrected chi connectivity index (χ4v) is 4.82. The topological polar surface area (TPSA) is 3.01 Å². The van der Waals surface area contributed by atoms with Crippen LogP contribution in [0.15, 0.2) is 0 Å². The van der Waals surface area contributed by atoms with Crippen molar-refractivity contribution >= 4 is 0 Å². The molecule has 0 radical (unpaired) electrons. The van der Waals surface area contributed by atoms with Gasteiger partial charge in [0, 0.05) is 16.6 Å². The van der Waals surface area contributed by atoms with E-state index in [2.05, 4.69) is 67.2 Å². The first kappa shape index (κ1) is 16.0. The predicted molar refractivity (Wildman–Crippen MR) is 82.0 cm³/mol. The molecule has 1 rings (SSSR count). The Bertz CT molecular complexity index is 303. The molecular formula is C17H35N. The van der Waals surface area contributed by atoms with E-state index in [0.29, 0.717) is 16.5 Å². The van der Waals surface area contributed by atoms with Crippen molar-refractivity contribution in [3.05, 3.63) is 0 Å². The summed E-state index contributed by atoms with van der Waals surface area (Å²) in [4.78, 5) is 2.78. The molecule has 0 aromatic carbocycles. The van der Waals surface area contributed by atoms with Gasteiger partial charge in [0.15, 0.2) is 0 Å². The highest BCUT2D eigenvalue weighted by Crippen LogP contribution is 2.67. The maximum atomic E-state index is 2.78. The Labute approximate surface area is 115 Å². The van der Waals surface area contributed by atoms with Gasteiger partial charge in [-0.15, -0.1) is 0 Å². The molecule has 0 amide bonds. The summed E-state index contributed by atoms with van der Waals surface area (Å²) in [6.07, 6.45) is 5.15. The monoisotopic (exact) mass is 253 g/mol. The first-order valence-corrected chi connectivity index (χ1v) is 7.85. The summed E-state index contributed by atoms with van der Waals surface area (Å²) in [5, 5.41) is 0. The van der Waals surface area contributed by atoms with E-state index in [9.17, 15) is 0 Å². The molecule has 0 aliphatic carbocycles. The first-order chi connectivity index (χ1) is 8.05. The Hall–Kier alpha value is -0.0400. The number of rotatable bonds is 5. The summed E-state index contributed by atoms with van der Waals surface area (Å²) < 4.78 is 0. The van der Waals surface area contributed by atoms with Gasteiger partial charge in [-0.1, -0.05) is 34.1 Å². The molecular weight excluding hydrogens is 218 g/mol. The largest absolute Gasteiger partial charge is 0.283 e. The normalized spacial score (nSPS) is 39.5. The van der Waals surface area contributed by atoms with Crippen molar-refractivity contribution < 1.29 is 0 Å². The SMILES string of the molecule is CCCC(C)(CC)C1(C)N(C(C)(C)C)C1(C)CC. The molecule has 1 aliphatic rings. The van der Waals surface area contributed by atoms with Crippen LogP contribution in [-0.4, -0.2) is 21.5 Å². The van der Waals surface area contributed by atoms with Crippen molar-refractivity contribution in [1.29, 1.82) is 0 Å². The minimum atomic E-state index is 0.268. The second-order valence-corrected chi connectivity index (χ2v) is 7.87. The average molecular weight is 253 g/mol. The molecule has 1 aliphatic heterocycles. The van der Waals surface area contributed by atoms with Gasteiger partial charge in [0.25, 0.3) is 0 Å². The Morgan fingerprint density at radius 2 is 1.44 bits per heavy atom. The molecule has 1 fully saturated rings. The van der Waals surface area contributed by atoms with Gasteiger partial charge in [-0.25, -0.2) is 0 Å². The molecule has 108 valence electrons. The van der Waals surface area contributed by atoms with Crippen molar-refractivity contribution in [3.63, 3.8) is 0 Å². The smallest absolute Gasteiger partial charge is 0.0427 e. The van der Waals surface area contributed by atoms with Gasteiger partial charge in [0.2, 0.25) is 0 Å². The quantitative estimate of drug-likeness (QED) is 0.605. The number of hydrogen-bond acceptors (Lipinski definition) is 1. The zero-order chi connectivity index (χ0) is 14.4. The lowest BCUT2D eigenvalue weighted by Crippen LogP contribution is -2.42. The zero-order valence-corrected chi connectivity index (χ0v) is 14.3. The van der Waals surface area contributed by atoms with Crippen LogP contribution in [0, 0.1) is 5.41 Å². The third-order valence-corrected chi connectivity index (χ3v) is 6.06. The molecule has 0 bridgehead atoms. The van der Waals surface area contributed by atoms with Crippen LogP contribution in [-0.2, 0) is 0 Å². The molecule has 0 aromatic rings. The lowest BCUT2D eigenvalue weighted by molar-refractivity contribution is 0.120. The highest BCUT2D eigenvalue weighted by atomic mass is 15.5. The molecule has 0 spiro atoms.